The van der Waals surface area contributed by atoms with Gasteiger partial charge in [0.05, 0.1) is 0 Å². The summed E-state index contributed by atoms with van der Waals surface area (Å²) in [6.07, 6.45) is 25.2. The van der Waals surface area contributed by atoms with Gasteiger partial charge >= 0.3 is 0 Å². The Hall–Kier alpha value is -8.04. The van der Waals surface area contributed by atoms with E-state index in [9.17, 15) is 0 Å². The fraction of sp³-hybridized carbons (Fsp3) is 0.167. The molecule has 0 saturated carbocycles. The van der Waals surface area contributed by atoms with Crippen LogP contribution < -0.4 is 0 Å². The first-order valence-electron chi connectivity index (χ1n) is 26.5. The van der Waals surface area contributed by atoms with Crippen molar-refractivity contribution in [1.82, 2.24) is 0 Å². The lowest BCUT2D eigenvalue weighted by atomic mass is 9.80. The Labute approximate surface area is 458 Å². The van der Waals surface area contributed by atoms with E-state index in [2.05, 4.69) is 267 Å². The first kappa shape index (κ1) is 50.8. The van der Waals surface area contributed by atoms with Gasteiger partial charge in [0.25, 0.3) is 0 Å². The van der Waals surface area contributed by atoms with Crippen molar-refractivity contribution < 1.29 is 28.4 Å². The summed E-state index contributed by atoms with van der Waals surface area (Å²) in [5, 5.41) is 0. The Bertz CT molecular complexity index is 3350. The molecule has 0 fully saturated rings. The largest absolute Gasteiger partial charge is 0.365 e. The molecule has 386 valence electrons. The van der Waals surface area contributed by atoms with Crippen molar-refractivity contribution in [3.05, 3.63) is 300 Å². The standard InChI is InChI=1S/C72H62O6/c1-73-67-39-43-69(75-3,44-40-67)63-31-19-57(20-32-63)59-23-35-65(36-24-59)71(77-5)47-49-72(78-6,50-48-71)66-37-25-60(26-38-66)58-21-33-64(34-22-58)70(76-4)45-41-68(74-2,42-46-70)62-29-17-56(18-30-62)54-13-9-52(10-14-54)51-7-11-53(12-8-51)55-15-27-61(67)28-16-55/h7-50H,1-6H3. The van der Waals surface area contributed by atoms with E-state index in [0.717, 1.165) is 89.0 Å². The van der Waals surface area contributed by atoms with E-state index in [1.54, 1.807) is 42.7 Å². The van der Waals surface area contributed by atoms with Crippen molar-refractivity contribution in [1.29, 1.82) is 0 Å². The van der Waals surface area contributed by atoms with Crippen LogP contribution in [0.3, 0.4) is 0 Å². The normalized spacial score (nSPS) is 25.4. The Morgan fingerprint density at radius 2 is 0.244 bits per heavy atom. The number of hydrogen-bond acceptors (Lipinski definition) is 6. The van der Waals surface area contributed by atoms with Crippen molar-refractivity contribution in [2.24, 2.45) is 0 Å². The quantitative estimate of drug-likeness (QED) is 0.155. The minimum absolute atomic E-state index is 0.757. The molecular formula is C72H62O6. The third-order valence-corrected chi connectivity index (χ3v) is 17.0. The van der Waals surface area contributed by atoms with Gasteiger partial charge in [0.1, 0.15) is 33.6 Å². The summed E-state index contributed by atoms with van der Waals surface area (Å²) in [5.74, 6) is 0. The molecule has 0 amide bonds. The predicted molar refractivity (Wildman–Crippen MR) is 313 cm³/mol. The van der Waals surface area contributed by atoms with Crippen molar-refractivity contribution >= 4 is 0 Å². The van der Waals surface area contributed by atoms with Gasteiger partial charge in [0.15, 0.2) is 0 Å². The summed E-state index contributed by atoms with van der Waals surface area (Å²) in [6, 6.07) is 69.1. The van der Waals surface area contributed by atoms with E-state index in [1.807, 2.05) is 0 Å². The molecule has 0 saturated heterocycles. The topological polar surface area (TPSA) is 55.4 Å². The summed E-state index contributed by atoms with van der Waals surface area (Å²) in [6.45, 7) is 0. The van der Waals surface area contributed by atoms with E-state index >= 15 is 0 Å². The summed E-state index contributed by atoms with van der Waals surface area (Å²) < 4.78 is 37.6. The Kier molecular flexibility index (Phi) is 13.1. The van der Waals surface area contributed by atoms with Gasteiger partial charge in [-0.1, -0.05) is 194 Å². The molecule has 0 heterocycles. The SMILES string of the molecule is COC12C=CC(OC)(C=C1)c1ccc(cc1)-c1ccc(cc1)C1(OC)C=CC(OC)(C=C1)c1ccc(cc1)-c1ccc(cc1)C1(OC)C=CC(OC)(C=C1)c1ccc(cc1)-c1ccc(cc1)-c1ccc(cc1)-c1ccc2cc1. The highest BCUT2D eigenvalue weighted by Crippen LogP contribution is 2.45. The van der Waals surface area contributed by atoms with Crippen molar-refractivity contribution in [2.45, 2.75) is 33.6 Å². The Morgan fingerprint density at radius 3 is 0.333 bits per heavy atom. The third-order valence-electron chi connectivity index (χ3n) is 17.0. The maximum absolute atomic E-state index is 6.28. The fourth-order valence-corrected chi connectivity index (χ4v) is 11.7. The molecule has 22 bridgehead atoms. The summed E-state index contributed by atoms with van der Waals surface area (Å²) >= 11 is 0. The van der Waals surface area contributed by atoms with Crippen LogP contribution in [0.4, 0.5) is 0 Å². The lowest BCUT2D eigenvalue weighted by molar-refractivity contribution is 0.0421. The number of benzene rings is 8. The number of hydrogen-bond donors (Lipinski definition) is 0. The molecule has 0 unspecified atom stereocenters. The van der Waals surface area contributed by atoms with Crippen molar-refractivity contribution in [2.75, 3.05) is 42.7 Å². The van der Waals surface area contributed by atoms with Crippen molar-refractivity contribution in [3.63, 3.8) is 0 Å². The summed E-state index contributed by atoms with van der Waals surface area (Å²) in [4.78, 5) is 0. The highest BCUT2D eigenvalue weighted by Gasteiger charge is 2.40. The minimum atomic E-state index is -0.777. The van der Waals surface area contributed by atoms with Gasteiger partial charge in [0, 0.05) is 42.7 Å². The predicted octanol–water partition coefficient (Wildman–Crippen LogP) is 15.9. The second-order valence-corrected chi connectivity index (χ2v) is 20.6. The molecule has 8 aromatic carbocycles. The van der Waals surface area contributed by atoms with Crippen LogP contribution in [0.2, 0.25) is 0 Å². The molecule has 0 aromatic heterocycles. The van der Waals surface area contributed by atoms with Gasteiger partial charge in [-0.2, -0.15) is 0 Å². The van der Waals surface area contributed by atoms with Crippen LogP contribution in [-0.2, 0) is 62.0 Å². The third kappa shape index (κ3) is 8.62. The molecule has 0 radical (unpaired) electrons. The molecule has 26 aliphatic carbocycles. The Morgan fingerprint density at radius 1 is 0.154 bits per heavy atom. The summed E-state index contributed by atoms with van der Waals surface area (Å²) in [7, 11) is 10.5. The van der Waals surface area contributed by atoms with Crippen LogP contribution in [0.5, 0.6) is 0 Å². The van der Waals surface area contributed by atoms with Crippen molar-refractivity contribution in [3.8, 4) is 55.6 Å². The zero-order valence-corrected chi connectivity index (χ0v) is 44.9. The van der Waals surface area contributed by atoms with E-state index in [0.29, 0.717) is 0 Å². The van der Waals surface area contributed by atoms with Gasteiger partial charge in [-0.25, -0.2) is 0 Å². The van der Waals surface area contributed by atoms with Gasteiger partial charge < -0.3 is 28.4 Å². The summed E-state index contributed by atoms with van der Waals surface area (Å²) in [5.41, 5.74) is 12.7. The minimum Gasteiger partial charge on any atom is -0.365 e. The zero-order valence-electron chi connectivity index (χ0n) is 44.9. The first-order chi connectivity index (χ1) is 38.1. The van der Waals surface area contributed by atoms with Gasteiger partial charge in [-0.3, -0.25) is 0 Å². The fourth-order valence-electron chi connectivity index (χ4n) is 11.7. The van der Waals surface area contributed by atoms with E-state index < -0.39 is 33.6 Å². The number of ether oxygens (including phenoxy) is 6. The van der Waals surface area contributed by atoms with Gasteiger partial charge in [0.2, 0.25) is 0 Å². The molecule has 78 heavy (non-hydrogen) atoms. The number of methoxy groups -OCH3 is 6. The smallest absolute Gasteiger partial charge is 0.129 e. The maximum atomic E-state index is 6.28. The molecule has 6 nitrogen and oxygen atoms in total. The second-order valence-electron chi connectivity index (χ2n) is 20.6. The van der Waals surface area contributed by atoms with Crippen LogP contribution in [0.1, 0.15) is 33.4 Å². The lowest BCUT2D eigenvalue weighted by Crippen LogP contribution is -2.33. The van der Waals surface area contributed by atoms with Crippen LogP contribution in [-0.4, -0.2) is 42.7 Å². The Balaban J connectivity index is 0.870. The molecule has 26 aliphatic rings. The van der Waals surface area contributed by atoms with Crippen LogP contribution in [0, 0.1) is 0 Å². The van der Waals surface area contributed by atoms with E-state index in [4.69, 9.17) is 28.4 Å². The number of rotatable bonds is 6. The molecule has 0 atom stereocenters. The average Bonchev–Trinajstić information content (AvgIpc) is 3.58. The highest BCUT2D eigenvalue weighted by molar-refractivity contribution is 5.74. The van der Waals surface area contributed by atoms with Gasteiger partial charge in [-0.05, 0) is 162 Å². The first-order valence-corrected chi connectivity index (χ1v) is 26.5. The molecule has 0 N–H and O–H groups in total. The zero-order chi connectivity index (χ0) is 53.6. The van der Waals surface area contributed by atoms with E-state index in [1.165, 1.54) is 0 Å². The van der Waals surface area contributed by atoms with Crippen LogP contribution >= 0.6 is 0 Å². The average molecular weight is 1020 g/mol. The molecule has 8 aromatic rings. The lowest BCUT2D eigenvalue weighted by Gasteiger charge is -2.36. The molecule has 34 rings (SSSR count). The molecule has 0 spiro atoms. The monoisotopic (exact) mass is 1020 g/mol. The van der Waals surface area contributed by atoms with Crippen LogP contribution in [0.25, 0.3) is 55.6 Å². The maximum Gasteiger partial charge on any atom is 0.129 e. The molecule has 6 heteroatoms. The van der Waals surface area contributed by atoms with Crippen LogP contribution in [0.15, 0.2) is 267 Å². The molecule has 0 aliphatic heterocycles. The molecular weight excluding hydrogens is 961 g/mol. The van der Waals surface area contributed by atoms with E-state index in [-0.39, 0.29) is 0 Å². The second kappa shape index (κ2) is 20.1. The van der Waals surface area contributed by atoms with Gasteiger partial charge in [-0.15, -0.1) is 0 Å². The highest BCUT2D eigenvalue weighted by atomic mass is 16.5.